The summed E-state index contributed by atoms with van der Waals surface area (Å²) in [6, 6.07) is 12.8. The predicted octanol–water partition coefficient (Wildman–Crippen LogP) is 3.50. The summed E-state index contributed by atoms with van der Waals surface area (Å²) >= 11 is 0. The number of hydrogen-bond donors (Lipinski definition) is 3. The van der Waals surface area contributed by atoms with Gasteiger partial charge in [0.25, 0.3) is 0 Å². The van der Waals surface area contributed by atoms with Gasteiger partial charge in [-0.2, -0.15) is 0 Å². The van der Waals surface area contributed by atoms with Crippen LogP contribution in [0.15, 0.2) is 48.7 Å². The Morgan fingerprint density at radius 1 is 1.11 bits per heavy atom. The number of benzene rings is 2. The number of nitrogen functional groups attached to an aromatic ring is 1. The highest BCUT2D eigenvalue weighted by molar-refractivity contribution is 5.83. The van der Waals surface area contributed by atoms with Crippen molar-refractivity contribution in [3.8, 4) is 0 Å². The van der Waals surface area contributed by atoms with Gasteiger partial charge in [-0.1, -0.05) is 24.3 Å². The molecule has 1 aromatic heterocycles. The summed E-state index contributed by atoms with van der Waals surface area (Å²) in [7, 11) is 0. The minimum atomic E-state index is -0.399. The van der Waals surface area contributed by atoms with E-state index in [1.54, 1.807) is 12.1 Å². The van der Waals surface area contributed by atoms with E-state index in [-0.39, 0.29) is 5.69 Å². The molecule has 0 aliphatic rings. The molecule has 19 heavy (non-hydrogen) atoms. The summed E-state index contributed by atoms with van der Waals surface area (Å²) in [4.78, 5) is 3.21. The molecule has 4 N–H and O–H groups in total. The molecule has 96 valence electrons. The average molecular weight is 255 g/mol. The highest BCUT2D eigenvalue weighted by Gasteiger charge is 2.06. The monoisotopic (exact) mass is 255 g/mol. The number of nitrogens with one attached hydrogen (secondary N) is 2. The van der Waals surface area contributed by atoms with E-state index in [1.165, 1.54) is 6.07 Å². The zero-order chi connectivity index (χ0) is 13.2. The number of H-pyrrole nitrogens is 1. The third-order valence-corrected chi connectivity index (χ3v) is 3.20. The zero-order valence-corrected chi connectivity index (χ0v) is 10.3. The van der Waals surface area contributed by atoms with Crippen molar-refractivity contribution in [3.05, 3.63) is 60.0 Å². The second-order valence-electron chi connectivity index (χ2n) is 4.41. The van der Waals surface area contributed by atoms with E-state index in [9.17, 15) is 4.39 Å². The molecule has 0 bridgehead atoms. The van der Waals surface area contributed by atoms with Crippen LogP contribution in [0.4, 0.5) is 15.8 Å². The summed E-state index contributed by atoms with van der Waals surface area (Å²) in [6.45, 7) is 0.595. The fourth-order valence-electron chi connectivity index (χ4n) is 2.16. The Labute approximate surface area is 110 Å². The first kappa shape index (κ1) is 11.6. The van der Waals surface area contributed by atoms with Gasteiger partial charge in [0, 0.05) is 23.6 Å². The van der Waals surface area contributed by atoms with E-state index in [4.69, 9.17) is 5.73 Å². The lowest BCUT2D eigenvalue weighted by Crippen LogP contribution is -2.03. The van der Waals surface area contributed by atoms with Crippen LogP contribution < -0.4 is 11.1 Å². The molecular weight excluding hydrogens is 241 g/mol. The molecule has 0 aliphatic carbocycles. The van der Waals surface area contributed by atoms with Gasteiger partial charge in [0.05, 0.1) is 11.4 Å². The highest BCUT2D eigenvalue weighted by Crippen LogP contribution is 2.23. The molecule has 3 nitrogen and oxygen atoms in total. The third-order valence-electron chi connectivity index (χ3n) is 3.20. The minimum Gasteiger partial charge on any atom is -0.395 e. The molecule has 2 aromatic carbocycles. The molecule has 0 saturated carbocycles. The van der Waals surface area contributed by atoms with Gasteiger partial charge in [0.15, 0.2) is 0 Å². The summed E-state index contributed by atoms with van der Waals surface area (Å²) in [5.74, 6) is -0.399. The molecule has 0 atom stereocenters. The van der Waals surface area contributed by atoms with Gasteiger partial charge >= 0.3 is 0 Å². The Kier molecular flexibility index (Phi) is 2.83. The average Bonchev–Trinajstić information content (AvgIpc) is 2.84. The van der Waals surface area contributed by atoms with Crippen LogP contribution in [-0.2, 0) is 6.54 Å². The molecule has 4 heteroatoms. The predicted molar refractivity (Wildman–Crippen MR) is 76.4 cm³/mol. The van der Waals surface area contributed by atoms with Crippen molar-refractivity contribution in [1.29, 1.82) is 0 Å². The molecule has 0 saturated heterocycles. The molecule has 0 radical (unpaired) electrons. The molecule has 0 aliphatic heterocycles. The lowest BCUT2D eigenvalue weighted by molar-refractivity contribution is 0.633. The number of aromatic amines is 1. The largest absolute Gasteiger partial charge is 0.395 e. The van der Waals surface area contributed by atoms with Crippen molar-refractivity contribution in [3.63, 3.8) is 0 Å². The van der Waals surface area contributed by atoms with Crippen LogP contribution in [0, 0.1) is 5.82 Å². The topological polar surface area (TPSA) is 53.8 Å². The molecule has 0 fully saturated rings. The summed E-state index contributed by atoms with van der Waals surface area (Å²) in [5.41, 5.74) is 8.67. The standard InChI is InChI=1S/C15H14FN3/c16-12-5-3-7-14(15(12)17)19-9-10-8-18-13-6-2-1-4-11(10)13/h1-8,18-19H,9,17H2. The minimum absolute atomic E-state index is 0.155. The fraction of sp³-hybridized carbons (Fsp3) is 0.0667. The van der Waals surface area contributed by atoms with Crippen molar-refractivity contribution in [2.45, 2.75) is 6.54 Å². The normalized spacial score (nSPS) is 10.8. The molecule has 3 aromatic rings. The smallest absolute Gasteiger partial charge is 0.148 e. The number of anilines is 2. The van der Waals surface area contributed by atoms with E-state index in [0.29, 0.717) is 12.2 Å². The Bertz CT molecular complexity index is 718. The Balaban J connectivity index is 1.84. The highest BCUT2D eigenvalue weighted by atomic mass is 19.1. The SMILES string of the molecule is Nc1c(F)cccc1NCc1c[nH]c2ccccc12. The Morgan fingerprint density at radius 3 is 2.84 bits per heavy atom. The van der Waals surface area contributed by atoms with Crippen molar-refractivity contribution in [2.24, 2.45) is 0 Å². The molecule has 3 rings (SSSR count). The van der Waals surface area contributed by atoms with Gasteiger partial charge < -0.3 is 16.0 Å². The fourth-order valence-corrected chi connectivity index (χ4v) is 2.16. The van der Waals surface area contributed by atoms with Crippen molar-refractivity contribution in [1.82, 2.24) is 4.98 Å². The molecular formula is C15H14FN3. The number of rotatable bonds is 3. The zero-order valence-electron chi connectivity index (χ0n) is 10.3. The first-order valence-electron chi connectivity index (χ1n) is 6.08. The van der Waals surface area contributed by atoms with E-state index in [1.807, 2.05) is 24.4 Å². The second-order valence-corrected chi connectivity index (χ2v) is 4.41. The van der Waals surface area contributed by atoms with Gasteiger partial charge in [-0.15, -0.1) is 0 Å². The number of para-hydroxylation sites is 2. The van der Waals surface area contributed by atoms with E-state index >= 15 is 0 Å². The molecule has 1 heterocycles. The van der Waals surface area contributed by atoms with Crippen molar-refractivity contribution < 1.29 is 4.39 Å². The number of fused-ring (bicyclic) bond motifs is 1. The van der Waals surface area contributed by atoms with Gasteiger partial charge in [0.1, 0.15) is 5.82 Å². The molecule has 0 amide bonds. The van der Waals surface area contributed by atoms with Crippen LogP contribution in [0.2, 0.25) is 0 Å². The summed E-state index contributed by atoms with van der Waals surface area (Å²) in [5, 5.41) is 4.32. The second kappa shape index (κ2) is 4.65. The van der Waals surface area contributed by atoms with E-state index in [0.717, 1.165) is 16.5 Å². The first-order valence-corrected chi connectivity index (χ1v) is 6.08. The maximum Gasteiger partial charge on any atom is 0.148 e. The lowest BCUT2D eigenvalue weighted by atomic mass is 10.1. The van der Waals surface area contributed by atoms with Crippen molar-refractivity contribution in [2.75, 3.05) is 11.1 Å². The molecule has 0 spiro atoms. The van der Waals surface area contributed by atoms with E-state index in [2.05, 4.69) is 16.4 Å². The number of hydrogen-bond acceptors (Lipinski definition) is 2. The van der Waals surface area contributed by atoms with Crippen LogP contribution in [0.3, 0.4) is 0 Å². The van der Waals surface area contributed by atoms with Crippen LogP contribution in [0.25, 0.3) is 10.9 Å². The Hall–Kier alpha value is -2.49. The number of halogens is 1. The summed E-state index contributed by atoms with van der Waals surface area (Å²) in [6.07, 6.45) is 1.95. The van der Waals surface area contributed by atoms with Crippen LogP contribution in [-0.4, -0.2) is 4.98 Å². The van der Waals surface area contributed by atoms with Crippen LogP contribution in [0.1, 0.15) is 5.56 Å². The Morgan fingerprint density at radius 2 is 1.95 bits per heavy atom. The van der Waals surface area contributed by atoms with Gasteiger partial charge in [-0.3, -0.25) is 0 Å². The molecule has 0 unspecified atom stereocenters. The number of aromatic nitrogens is 1. The van der Waals surface area contributed by atoms with E-state index < -0.39 is 5.82 Å². The lowest BCUT2D eigenvalue weighted by Gasteiger charge is -2.09. The maximum atomic E-state index is 13.3. The van der Waals surface area contributed by atoms with Gasteiger partial charge in [0.2, 0.25) is 0 Å². The third kappa shape index (κ3) is 2.12. The quantitative estimate of drug-likeness (QED) is 0.627. The first-order chi connectivity index (χ1) is 9.25. The van der Waals surface area contributed by atoms with Crippen LogP contribution in [0.5, 0.6) is 0 Å². The number of nitrogens with two attached hydrogens (primary N) is 1. The van der Waals surface area contributed by atoms with Gasteiger partial charge in [-0.05, 0) is 23.8 Å². The summed E-state index contributed by atoms with van der Waals surface area (Å²) < 4.78 is 13.3. The van der Waals surface area contributed by atoms with Gasteiger partial charge in [-0.25, -0.2) is 4.39 Å². The maximum absolute atomic E-state index is 13.3. The van der Waals surface area contributed by atoms with Crippen LogP contribution >= 0.6 is 0 Å². The van der Waals surface area contributed by atoms with Crippen molar-refractivity contribution >= 4 is 22.3 Å².